The number of para-hydroxylation sites is 1. The fraction of sp³-hybridized carbons (Fsp3) is 0.560. The summed E-state index contributed by atoms with van der Waals surface area (Å²) in [4.78, 5) is 44.2. The van der Waals surface area contributed by atoms with E-state index < -0.39 is 39.5 Å². The molecule has 2 aliphatic heterocycles. The first-order valence-electron chi connectivity index (χ1n) is 12.7. The van der Waals surface area contributed by atoms with E-state index >= 15 is 0 Å². The van der Waals surface area contributed by atoms with Crippen LogP contribution >= 0.6 is 0 Å². The number of hydrogen-bond donors (Lipinski definition) is 5. The van der Waals surface area contributed by atoms with Crippen molar-refractivity contribution in [1.29, 1.82) is 0 Å². The van der Waals surface area contributed by atoms with Crippen molar-refractivity contribution in [3.63, 3.8) is 0 Å². The molecule has 11 nitrogen and oxygen atoms in total. The summed E-state index contributed by atoms with van der Waals surface area (Å²) in [6, 6.07) is 6.94. The number of nitrogens with one attached hydrogen (secondary N) is 3. The first-order valence-corrected chi connectivity index (χ1v) is 14.2. The summed E-state index contributed by atoms with van der Waals surface area (Å²) in [5, 5.41) is 16.6. The van der Waals surface area contributed by atoms with Crippen LogP contribution < -0.4 is 10.6 Å². The van der Waals surface area contributed by atoms with E-state index in [1.165, 1.54) is 4.90 Å². The van der Waals surface area contributed by atoms with Crippen molar-refractivity contribution in [2.75, 3.05) is 13.1 Å². The van der Waals surface area contributed by atoms with Crippen molar-refractivity contribution in [3.8, 4) is 0 Å². The lowest BCUT2D eigenvalue weighted by Gasteiger charge is -2.32. The Bertz CT molecular complexity index is 1280. The van der Waals surface area contributed by atoms with Gasteiger partial charge in [0.15, 0.2) is 0 Å². The average molecular weight is 533 g/mol. The van der Waals surface area contributed by atoms with E-state index in [4.69, 9.17) is 0 Å². The third kappa shape index (κ3) is 5.10. The maximum Gasteiger partial charge on any atom is 0.294 e. The minimum atomic E-state index is -4.92. The zero-order chi connectivity index (χ0) is 26.3. The molecule has 0 spiro atoms. The molecular weight excluding hydrogens is 500 g/mol. The predicted molar refractivity (Wildman–Crippen MR) is 134 cm³/mol. The molecule has 2 aromatic rings. The summed E-state index contributed by atoms with van der Waals surface area (Å²) in [7, 11) is -4.92. The maximum atomic E-state index is 13.7. The smallest absolute Gasteiger partial charge is 0.294 e. The van der Waals surface area contributed by atoms with Gasteiger partial charge >= 0.3 is 0 Å². The number of hydrogen-bond acceptors (Lipinski definition) is 6. The van der Waals surface area contributed by atoms with E-state index in [1.807, 2.05) is 24.3 Å². The number of H-pyrrole nitrogens is 1. The van der Waals surface area contributed by atoms with Crippen molar-refractivity contribution in [2.24, 2.45) is 17.8 Å². The molecule has 2 saturated heterocycles. The zero-order valence-corrected chi connectivity index (χ0v) is 21.1. The Morgan fingerprint density at radius 2 is 1.95 bits per heavy atom. The lowest BCUT2D eigenvalue weighted by Crippen LogP contribution is -2.56. The van der Waals surface area contributed by atoms with E-state index in [9.17, 15) is 32.5 Å². The molecule has 3 amide bonds. The van der Waals surface area contributed by atoms with Crippen molar-refractivity contribution >= 4 is 38.7 Å². The van der Waals surface area contributed by atoms with Gasteiger partial charge in [0.05, 0.1) is 6.04 Å². The Balaban J connectivity index is 1.40. The summed E-state index contributed by atoms with van der Waals surface area (Å²) in [6.07, 6.45) is 3.54. The number of fused-ring (bicyclic) bond motifs is 2. The topological polar surface area (TPSA) is 169 Å². The van der Waals surface area contributed by atoms with Gasteiger partial charge in [0.25, 0.3) is 16.0 Å². The molecule has 1 aromatic heterocycles. The number of piperidine rings is 1. The number of rotatable bonds is 7. The quantitative estimate of drug-likeness (QED) is 0.332. The third-order valence-electron chi connectivity index (χ3n) is 8.10. The second-order valence-corrected chi connectivity index (χ2v) is 11.9. The van der Waals surface area contributed by atoms with E-state index in [2.05, 4.69) is 15.6 Å². The Morgan fingerprint density at radius 3 is 2.68 bits per heavy atom. The third-order valence-corrected chi connectivity index (χ3v) is 9.03. The number of benzene rings is 1. The lowest BCUT2D eigenvalue weighted by molar-refractivity contribution is -0.130. The van der Waals surface area contributed by atoms with Crippen LogP contribution in [0, 0.1) is 17.8 Å². The SMILES string of the molecule is O=C1NCCC[C@H]1C[C@H](NC(=O)[C@@H]1[C@H]2CCC[C@H]2CN1C(=O)c1cc2ccccc2[nH]1)C(O)S(=O)(=O)O. The van der Waals surface area contributed by atoms with Gasteiger partial charge in [0.2, 0.25) is 17.3 Å². The standard InChI is InChI=1S/C25H32N4O7S/c30-22-15(7-4-10-26-22)12-20(25(33)37(34,35)36)28-23(31)21-17-8-3-6-16(17)13-29(21)24(32)19-11-14-5-1-2-9-18(14)27-19/h1-2,5,9,11,15-17,20-21,25,27,33H,3-4,6-8,10,12-13H2,(H,26,30)(H,28,31)(H,34,35,36)/t15-,16-,17-,20-,21-,25?/m0/s1. The van der Waals surface area contributed by atoms with Crippen molar-refractivity contribution in [2.45, 2.75) is 56.0 Å². The van der Waals surface area contributed by atoms with Crippen molar-refractivity contribution < 1.29 is 32.5 Å². The molecular formula is C25H32N4O7S. The summed E-state index contributed by atoms with van der Waals surface area (Å²) in [5.41, 5.74) is -1.15. The van der Waals surface area contributed by atoms with Crippen LogP contribution in [0.15, 0.2) is 30.3 Å². The van der Waals surface area contributed by atoms with Gasteiger partial charge in [0, 0.05) is 29.9 Å². The first-order chi connectivity index (χ1) is 17.6. The zero-order valence-electron chi connectivity index (χ0n) is 20.3. The first kappa shape index (κ1) is 25.7. The molecule has 12 heteroatoms. The fourth-order valence-corrected chi connectivity index (χ4v) is 6.88. The van der Waals surface area contributed by atoms with Crippen molar-refractivity contribution in [3.05, 3.63) is 36.0 Å². The largest absolute Gasteiger partial charge is 0.374 e. The molecule has 1 aromatic carbocycles. The maximum absolute atomic E-state index is 13.7. The minimum Gasteiger partial charge on any atom is -0.374 e. The number of aliphatic hydroxyl groups is 1. The highest BCUT2D eigenvalue weighted by molar-refractivity contribution is 7.86. The van der Waals surface area contributed by atoms with Gasteiger partial charge < -0.3 is 25.6 Å². The monoisotopic (exact) mass is 532 g/mol. The molecule has 0 bridgehead atoms. The summed E-state index contributed by atoms with van der Waals surface area (Å²) >= 11 is 0. The molecule has 1 saturated carbocycles. The second-order valence-electron chi connectivity index (χ2n) is 10.4. The average Bonchev–Trinajstić information content (AvgIpc) is 3.57. The van der Waals surface area contributed by atoms with E-state index in [0.717, 1.165) is 30.2 Å². The lowest BCUT2D eigenvalue weighted by atomic mass is 9.90. The van der Waals surface area contributed by atoms with Crippen LogP contribution in [0.3, 0.4) is 0 Å². The highest BCUT2D eigenvalue weighted by atomic mass is 32.2. The molecule has 0 radical (unpaired) electrons. The molecule has 3 heterocycles. The molecule has 37 heavy (non-hydrogen) atoms. The predicted octanol–water partition coefficient (Wildman–Crippen LogP) is 1.02. The van der Waals surface area contributed by atoms with E-state index in [-0.39, 0.29) is 30.1 Å². The van der Waals surface area contributed by atoms with Gasteiger partial charge in [-0.2, -0.15) is 8.42 Å². The van der Waals surface area contributed by atoms with Crippen LogP contribution in [0.25, 0.3) is 10.9 Å². The highest BCUT2D eigenvalue weighted by Crippen LogP contribution is 2.43. The summed E-state index contributed by atoms with van der Waals surface area (Å²) in [5.74, 6) is -1.80. The number of nitrogens with zero attached hydrogens (tertiary/aromatic N) is 1. The normalized spacial score (nSPS) is 27.5. The van der Waals surface area contributed by atoms with E-state index in [1.54, 1.807) is 6.07 Å². The van der Waals surface area contributed by atoms with Gasteiger partial charge in [-0.15, -0.1) is 0 Å². The fourth-order valence-electron chi connectivity index (χ4n) is 6.28. The minimum absolute atomic E-state index is 0.102. The van der Waals surface area contributed by atoms with Gasteiger partial charge in [0.1, 0.15) is 11.7 Å². The number of aromatic amines is 1. The number of likely N-dealkylation sites (tertiary alicyclic amines) is 1. The van der Waals surface area contributed by atoms with Crippen molar-refractivity contribution in [1.82, 2.24) is 20.5 Å². The van der Waals surface area contributed by atoms with Crippen LogP contribution in [-0.4, -0.2) is 76.3 Å². The summed E-state index contributed by atoms with van der Waals surface area (Å²) in [6.45, 7) is 0.899. The molecule has 3 aliphatic rings. The van der Waals surface area contributed by atoms with Crippen LogP contribution in [-0.2, 0) is 19.7 Å². The van der Waals surface area contributed by atoms with Crippen LogP contribution in [0.1, 0.15) is 49.0 Å². The van der Waals surface area contributed by atoms with E-state index in [0.29, 0.717) is 31.6 Å². The summed E-state index contributed by atoms with van der Waals surface area (Å²) < 4.78 is 33.2. The number of aliphatic hydroxyl groups excluding tert-OH is 1. The van der Waals surface area contributed by atoms with Crippen LogP contribution in [0.5, 0.6) is 0 Å². The number of amides is 3. The molecule has 200 valence electrons. The highest BCUT2D eigenvalue weighted by Gasteiger charge is 2.50. The second kappa shape index (κ2) is 10.1. The Hall–Kier alpha value is -2.96. The molecule has 5 N–H and O–H groups in total. The molecule has 6 atom stereocenters. The van der Waals surface area contributed by atoms with Gasteiger partial charge in [-0.1, -0.05) is 24.6 Å². The number of carbonyl (C=O) groups is 3. The van der Waals surface area contributed by atoms with Crippen LogP contribution in [0.4, 0.5) is 0 Å². The van der Waals surface area contributed by atoms with Gasteiger partial charge in [-0.05, 0) is 56.1 Å². The van der Waals surface area contributed by atoms with Crippen LogP contribution in [0.2, 0.25) is 0 Å². The van der Waals surface area contributed by atoms with Gasteiger partial charge in [-0.25, -0.2) is 0 Å². The molecule has 5 rings (SSSR count). The molecule has 3 fully saturated rings. The Morgan fingerprint density at radius 1 is 1.16 bits per heavy atom. The molecule has 1 unspecified atom stereocenters. The molecule has 1 aliphatic carbocycles. The number of aromatic nitrogens is 1. The number of carbonyl (C=O) groups excluding carboxylic acids is 3. The Kier molecular flexibility index (Phi) is 6.99. The Labute approximate surface area is 214 Å². The van der Waals surface area contributed by atoms with Gasteiger partial charge in [-0.3, -0.25) is 18.9 Å².